The molecular formula is C16H24N2O2S. The van der Waals surface area contributed by atoms with E-state index in [2.05, 4.69) is 5.32 Å². The minimum Gasteiger partial charge on any atom is -0.311 e. The van der Waals surface area contributed by atoms with Crippen molar-refractivity contribution >= 4 is 10.0 Å². The van der Waals surface area contributed by atoms with E-state index < -0.39 is 10.0 Å². The van der Waals surface area contributed by atoms with Crippen LogP contribution in [0.15, 0.2) is 29.2 Å². The summed E-state index contributed by atoms with van der Waals surface area (Å²) in [4.78, 5) is 0.417. The van der Waals surface area contributed by atoms with Gasteiger partial charge < -0.3 is 5.32 Å². The van der Waals surface area contributed by atoms with Gasteiger partial charge in [0.25, 0.3) is 0 Å². The van der Waals surface area contributed by atoms with E-state index in [4.69, 9.17) is 0 Å². The van der Waals surface area contributed by atoms with Gasteiger partial charge >= 0.3 is 0 Å². The molecule has 0 aromatic heterocycles. The van der Waals surface area contributed by atoms with Crippen LogP contribution >= 0.6 is 0 Å². The molecule has 5 heteroatoms. The summed E-state index contributed by atoms with van der Waals surface area (Å²) in [6, 6.07) is 8.32. The molecule has 4 nitrogen and oxygen atoms in total. The quantitative estimate of drug-likeness (QED) is 0.928. The van der Waals surface area contributed by atoms with Crippen LogP contribution in [-0.2, 0) is 10.0 Å². The summed E-state index contributed by atoms with van der Waals surface area (Å²) in [5.41, 5.74) is 1.08. The SMILES string of the molecule is CCN(C1CC2CCC(C1)N2)S(=O)(=O)c1ccc(C)cc1. The van der Waals surface area contributed by atoms with Crippen molar-refractivity contribution in [1.29, 1.82) is 0 Å². The first-order chi connectivity index (χ1) is 10.0. The fraction of sp³-hybridized carbons (Fsp3) is 0.625. The Morgan fingerprint density at radius 2 is 1.71 bits per heavy atom. The van der Waals surface area contributed by atoms with E-state index in [1.165, 1.54) is 12.8 Å². The van der Waals surface area contributed by atoms with Crippen LogP contribution in [0.2, 0.25) is 0 Å². The molecule has 2 fully saturated rings. The van der Waals surface area contributed by atoms with Crippen LogP contribution in [0, 0.1) is 6.92 Å². The standard InChI is InChI=1S/C16H24N2O2S/c1-3-18(15-10-13-6-7-14(11-15)17-13)21(19,20)16-8-4-12(2)5-9-16/h4-5,8-9,13-15,17H,3,6-7,10-11H2,1-2H3. The normalized spacial score (nSPS) is 29.0. The van der Waals surface area contributed by atoms with Gasteiger partial charge in [-0.05, 0) is 44.7 Å². The highest BCUT2D eigenvalue weighted by Gasteiger charge is 2.39. The molecule has 2 bridgehead atoms. The highest BCUT2D eigenvalue weighted by atomic mass is 32.2. The maximum Gasteiger partial charge on any atom is 0.243 e. The lowest BCUT2D eigenvalue weighted by atomic mass is 10.00. The highest BCUT2D eigenvalue weighted by molar-refractivity contribution is 7.89. The van der Waals surface area contributed by atoms with Crippen molar-refractivity contribution in [2.75, 3.05) is 6.54 Å². The van der Waals surface area contributed by atoms with Crippen LogP contribution in [0.3, 0.4) is 0 Å². The van der Waals surface area contributed by atoms with E-state index in [0.717, 1.165) is 18.4 Å². The Morgan fingerprint density at radius 3 is 2.24 bits per heavy atom. The average Bonchev–Trinajstić information content (AvgIpc) is 2.79. The molecule has 2 atom stereocenters. The Hall–Kier alpha value is -0.910. The van der Waals surface area contributed by atoms with Gasteiger partial charge in [0, 0.05) is 24.7 Å². The molecule has 0 amide bonds. The molecule has 2 aliphatic rings. The summed E-state index contributed by atoms with van der Waals surface area (Å²) in [7, 11) is -3.38. The number of sulfonamides is 1. The van der Waals surface area contributed by atoms with Gasteiger partial charge in [-0.3, -0.25) is 0 Å². The molecule has 116 valence electrons. The second-order valence-electron chi connectivity index (χ2n) is 6.28. The predicted octanol–water partition coefficient (Wildman–Crippen LogP) is 2.29. The number of nitrogens with one attached hydrogen (secondary N) is 1. The number of aryl methyl sites for hydroxylation is 1. The molecule has 1 aromatic carbocycles. The van der Waals surface area contributed by atoms with Crippen molar-refractivity contribution in [2.45, 2.75) is 62.6 Å². The lowest BCUT2D eigenvalue weighted by molar-refractivity contribution is 0.232. The summed E-state index contributed by atoms with van der Waals surface area (Å²) < 4.78 is 27.5. The van der Waals surface area contributed by atoms with Gasteiger partial charge in [-0.2, -0.15) is 4.31 Å². The second kappa shape index (κ2) is 5.71. The maximum atomic E-state index is 12.9. The Balaban J connectivity index is 1.86. The average molecular weight is 308 g/mol. The van der Waals surface area contributed by atoms with Crippen LogP contribution in [-0.4, -0.2) is 37.4 Å². The lowest BCUT2D eigenvalue weighted by Crippen LogP contribution is -2.50. The third kappa shape index (κ3) is 2.87. The van der Waals surface area contributed by atoms with Crippen LogP contribution in [0.1, 0.15) is 38.2 Å². The molecule has 1 aromatic rings. The van der Waals surface area contributed by atoms with Crippen molar-refractivity contribution in [3.8, 4) is 0 Å². The van der Waals surface area contributed by atoms with E-state index in [9.17, 15) is 8.42 Å². The zero-order valence-electron chi connectivity index (χ0n) is 12.7. The van der Waals surface area contributed by atoms with E-state index in [0.29, 0.717) is 23.5 Å². The minimum atomic E-state index is -3.38. The van der Waals surface area contributed by atoms with Crippen molar-refractivity contribution in [1.82, 2.24) is 9.62 Å². The molecule has 1 N–H and O–H groups in total. The van der Waals surface area contributed by atoms with Crippen LogP contribution in [0.25, 0.3) is 0 Å². The predicted molar refractivity (Wildman–Crippen MR) is 83.7 cm³/mol. The first kappa shape index (κ1) is 15.0. The molecule has 0 aliphatic carbocycles. The molecule has 3 rings (SSSR count). The van der Waals surface area contributed by atoms with Crippen LogP contribution in [0.5, 0.6) is 0 Å². The highest BCUT2D eigenvalue weighted by Crippen LogP contribution is 2.32. The molecular weight excluding hydrogens is 284 g/mol. The van der Waals surface area contributed by atoms with E-state index in [1.54, 1.807) is 16.4 Å². The number of nitrogens with zero attached hydrogens (tertiary/aromatic N) is 1. The van der Waals surface area contributed by atoms with Gasteiger partial charge in [0.05, 0.1) is 4.90 Å². The number of fused-ring (bicyclic) bond motifs is 2. The summed E-state index contributed by atoms with van der Waals surface area (Å²) in [6.07, 6.45) is 4.25. The molecule has 0 spiro atoms. The van der Waals surface area contributed by atoms with Crippen LogP contribution in [0.4, 0.5) is 0 Å². The van der Waals surface area contributed by atoms with E-state index in [-0.39, 0.29) is 6.04 Å². The summed E-state index contributed by atoms with van der Waals surface area (Å²) in [5, 5.41) is 3.58. The zero-order chi connectivity index (χ0) is 15.0. The Morgan fingerprint density at radius 1 is 1.14 bits per heavy atom. The number of hydrogen-bond donors (Lipinski definition) is 1. The fourth-order valence-electron chi connectivity index (χ4n) is 3.73. The van der Waals surface area contributed by atoms with E-state index in [1.807, 2.05) is 26.0 Å². The smallest absolute Gasteiger partial charge is 0.243 e. The first-order valence-electron chi connectivity index (χ1n) is 7.85. The molecule has 0 radical (unpaired) electrons. The van der Waals surface area contributed by atoms with Crippen molar-refractivity contribution in [2.24, 2.45) is 0 Å². The minimum absolute atomic E-state index is 0.139. The first-order valence-corrected chi connectivity index (χ1v) is 9.29. The number of piperidine rings is 1. The molecule has 2 unspecified atom stereocenters. The van der Waals surface area contributed by atoms with Gasteiger partial charge in [0.1, 0.15) is 0 Å². The molecule has 2 aliphatic heterocycles. The zero-order valence-corrected chi connectivity index (χ0v) is 13.6. The Labute approximate surface area is 127 Å². The third-order valence-electron chi connectivity index (χ3n) is 4.79. The third-order valence-corrected chi connectivity index (χ3v) is 6.84. The summed E-state index contributed by atoms with van der Waals surface area (Å²) >= 11 is 0. The van der Waals surface area contributed by atoms with E-state index >= 15 is 0 Å². The van der Waals surface area contributed by atoms with Gasteiger partial charge in [-0.1, -0.05) is 24.6 Å². The molecule has 2 saturated heterocycles. The molecule has 21 heavy (non-hydrogen) atoms. The summed E-state index contributed by atoms with van der Waals surface area (Å²) in [6.45, 7) is 4.45. The van der Waals surface area contributed by atoms with Crippen LogP contribution < -0.4 is 5.32 Å². The number of hydrogen-bond acceptors (Lipinski definition) is 3. The Kier molecular flexibility index (Phi) is 4.08. The van der Waals surface area contributed by atoms with Gasteiger partial charge in [0.2, 0.25) is 10.0 Å². The largest absolute Gasteiger partial charge is 0.311 e. The van der Waals surface area contributed by atoms with Gasteiger partial charge in [0.15, 0.2) is 0 Å². The number of rotatable bonds is 4. The monoisotopic (exact) mass is 308 g/mol. The van der Waals surface area contributed by atoms with Crippen molar-refractivity contribution < 1.29 is 8.42 Å². The summed E-state index contributed by atoms with van der Waals surface area (Å²) in [5.74, 6) is 0. The number of benzene rings is 1. The maximum absolute atomic E-state index is 12.9. The fourth-order valence-corrected chi connectivity index (χ4v) is 5.39. The van der Waals surface area contributed by atoms with Gasteiger partial charge in [-0.15, -0.1) is 0 Å². The molecule has 2 heterocycles. The topological polar surface area (TPSA) is 49.4 Å². The Bertz CT molecular complexity index is 585. The van der Waals surface area contributed by atoms with Crippen molar-refractivity contribution in [3.63, 3.8) is 0 Å². The second-order valence-corrected chi connectivity index (χ2v) is 8.18. The van der Waals surface area contributed by atoms with Crippen molar-refractivity contribution in [3.05, 3.63) is 29.8 Å². The van der Waals surface area contributed by atoms with Gasteiger partial charge in [-0.25, -0.2) is 8.42 Å². The lowest BCUT2D eigenvalue weighted by Gasteiger charge is -2.36. The molecule has 0 saturated carbocycles.